The number of halogens is 1. The van der Waals surface area contributed by atoms with Crippen LogP contribution in [0.4, 0.5) is 4.79 Å². The molecule has 2 amide bonds. The summed E-state index contributed by atoms with van der Waals surface area (Å²) in [5, 5.41) is 17.6. The topological polar surface area (TPSA) is 91.5 Å². The average Bonchev–Trinajstić information content (AvgIpc) is 3.21. The fraction of sp³-hybridized carbons (Fsp3) is 0.526. The standard InChI is InChI=1S/C19H23ClN4O3/c1-12-22-17(27-23-12)16-9-15(25)10-24(16)18(26)21-11-19(7-2-8-19)13-3-5-14(20)6-4-13/h3-6,15-16,25H,2,7-11H2,1H3,(H,21,26)/t15-,16+/m0/s1. The Hall–Kier alpha value is -2.12. The highest BCUT2D eigenvalue weighted by Gasteiger charge is 2.42. The quantitative estimate of drug-likeness (QED) is 0.837. The minimum Gasteiger partial charge on any atom is -0.391 e. The number of carbonyl (C=O) groups excluding carboxylic acids is 1. The van der Waals surface area contributed by atoms with E-state index in [1.807, 2.05) is 24.3 Å². The van der Waals surface area contributed by atoms with Crippen LogP contribution in [-0.2, 0) is 5.41 Å². The van der Waals surface area contributed by atoms with Gasteiger partial charge in [-0.15, -0.1) is 0 Å². The number of nitrogens with one attached hydrogen (secondary N) is 1. The zero-order chi connectivity index (χ0) is 19.0. The molecule has 1 saturated heterocycles. The van der Waals surface area contributed by atoms with Gasteiger partial charge in [0, 0.05) is 29.9 Å². The van der Waals surface area contributed by atoms with Crippen molar-refractivity contribution in [3.63, 3.8) is 0 Å². The van der Waals surface area contributed by atoms with Crippen molar-refractivity contribution in [2.75, 3.05) is 13.1 Å². The number of aliphatic hydroxyl groups excluding tert-OH is 1. The summed E-state index contributed by atoms with van der Waals surface area (Å²) >= 11 is 6.01. The summed E-state index contributed by atoms with van der Waals surface area (Å²) in [7, 11) is 0. The van der Waals surface area contributed by atoms with Crippen LogP contribution in [0.15, 0.2) is 28.8 Å². The molecule has 8 heteroatoms. The number of aromatic nitrogens is 2. The highest BCUT2D eigenvalue weighted by molar-refractivity contribution is 6.30. The monoisotopic (exact) mass is 390 g/mol. The largest absolute Gasteiger partial charge is 0.391 e. The molecular formula is C19H23ClN4O3. The van der Waals surface area contributed by atoms with Crippen molar-refractivity contribution in [3.05, 3.63) is 46.6 Å². The van der Waals surface area contributed by atoms with Crippen LogP contribution in [-0.4, -0.2) is 45.4 Å². The van der Waals surface area contributed by atoms with Gasteiger partial charge in [-0.2, -0.15) is 4.98 Å². The fourth-order valence-electron chi connectivity index (χ4n) is 4.04. The van der Waals surface area contributed by atoms with Crippen molar-refractivity contribution in [1.82, 2.24) is 20.4 Å². The molecule has 2 N–H and O–H groups in total. The third-order valence-electron chi connectivity index (χ3n) is 5.71. The maximum atomic E-state index is 12.8. The number of hydrogen-bond donors (Lipinski definition) is 2. The van der Waals surface area contributed by atoms with Crippen molar-refractivity contribution in [2.45, 2.75) is 50.2 Å². The van der Waals surface area contributed by atoms with Gasteiger partial charge in [-0.1, -0.05) is 35.3 Å². The Morgan fingerprint density at radius 2 is 2.15 bits per heavy atom. The number of amides is 2. The summed E-state index contributed by atoms with van der Waals surface area (Å²) in [6, 6.07) is 7.25. The highest BCUT2D eigenvalue weighted by Crippen LogP contribution is 2.43. The lowest BCUT2D eigenvalue weighted by Crippen LogP contribution is -2.49. The Balaban J connectivity index is 1.45. The summed E-state index contributed by atoms with van der Waals surface area (Å²) < 4.78 is 5.23. The van der Waals surface area contributed by atoms with Gasteiger partial charge in [0.25, 0.3) is 0 Å². The van der Waals surface area contributed by atoms with Crippen LogP contribution in [0.1, 0.15) is 49.0 Å². The molecule has 0 spiro atoms. The van der Waals surface area contributed by atoms with Crippen molar-refractivity contribution >= 4 is 17.6 Å². The number of urea groups is 1. The molecule has 0 radical (unpaired) electrons. The first-order valence-electron chi connectivity index (χ1n) is 9.26. The SMILES string of the molecule is Cc1noc([C@H]2C[C@H](O)CN2C(=O)NCC2(c3ccc(Cl)cc3)CCC2)n1. The predicted octanol–water partition coefficient (Wildman–Crippen LogP) is 2.97. The van der Waals surface area contributed by atoms with E-state index in [-0.39, 0.29) is 18.0 Å². The Labute approximate surface area is 162 Å². The molecule has 1 aliphatic carbocycles. The van der Waals surface area contributed by atoms with Crippen LogP contribution in [0.2, 0.25) is 5.02 Å². The number of β-amino-alcohol motifs (C(OH)–C–C–N with tert-alkyl or cyclic N) is 1. The molecule has 2 atom stereocenters. The molecule has 27 heavy (non-hydrogen) atoms. The molecule has 4 rings (SSSR count). The Bertz CT molecular complexity index is 819. The summed E-state index contributed by atoms with van der Waals surface area (Å²) in [6.45, 7) is 2.54. The Morgan fingerprint density at radius 1 is 1.41 bits per heavy atom. The predicted molar refractivity (Wildman–Crippen MR) is 99.5 cm³/mol. The molecule has 1 aromatic carbocycles. The summed E-state index contributed by atoms with van der Waals surface area (Å²) in [6.07, 6.45) is 3.01. The van der Waals surface area contributed by atoms with Crippen LogP contribution in [0.3, 0.4) is 0 Å². The number of carbonyl (C=O) groups is 1. The maximum absolute atomic E-state index is 12.8. The highest BCUT2D eigenvalue weighted by atomic mass is 35.5. The molecule has 1 saturated carbocycles. The molecular weight excluding hydrogens is 368 g/mol. The number of hydrogen-bond acceptors (Lipinski definition) is 5. The molecule has 2 aliphatic rings. The van der Waals surface area contributed by atoms with Crippen LogP contribution in [0, 0.1) is 6.92 Å². The zero-order valence-corrected chi connectivity index (χ0v) is 15.9. The van der Waals surface area contributed by atoms with Gasteiger partial charge in [-0.25, -0.2) is 4.79 Å². The first-order valence-corrected chi connectivity index (χ1v) is 9.63. The number of benzene rings is 1. The Kier molecular flexibility index (Phi) is 4.82. The molecule has 2 aromatic rings. The minimum absolute atomic E-state index is 0.0465. The molecule has 144 valence electrons. The lowest BCUT2D eigenvalue weighted by molar-refractivity contribution is 0.160. The lowest BCUT2D eigenvalue weighted by atomic mass is 9.64. The number of nitrogens with zero attached hydrogens (tertiary/aromatic N) is 3. The average molecular weight is 391 g/mol. The second kappa shape index (κ2) is 7.13. The van der Waals surface area contributed by atoms with E-state index in [0.29, 0.717) is 29.7 Å². The molecule has 2 heterocycles. The molecule has 7 nitrogen and oxygen atoms in total. The van der Waals surface area contributed by atoms with Gasteiger partial charge in [0.2, 0.25) is 5.89 Å². The van der Waals surface area contributed by atoms with Gasteiger partial charge >= 0.3 is 6.03 Å². The molecule has 0 bridgehead atoms. The zero-order valence-electron chi connectivity index (χ0n) is 15.2. The van der Waals surface area contributed by atoms with Gasteiger partial charge in [0.05, 0.1) is 6.10 Å². The van der Waals surface area contributed by atoms with Crippen molar-refractivity contribution < 1.29 is 14.4 Å². The van der Waals surface area contributed by atoms with Crippen LogP contribution in [0.25, 0.3) is 0 Å². The maximum Gasteiger partial charge on any atom is 0.318 e. The smallest absolute Gasteiger partial charge is 0.318 e. The summed E-state index contributed by atoms with van der Waals surface area (Å²) in [5.41, 5.74) is 1.15. The van der Waals surface area contributed by atoms with E-state index in [2.05, 4.69) is 15.5 Å². The number of likely N-dealkylation sites (tertiary alicyclic amines) is 1. The van der Waals surface area contributed by atoms with Crippen LogP contribution < -0.4 is 5.32 Å². The first-order chi connectivity index (χ1) is 13.0. The third-order valence-corrected chi connectivity index (χ3v) is 5.97. The van der Waals surface area contributed by atoms with E-state index >= 15 is 0 Å². The van der Waals surface area contributed by atoms with Gasteiger partial charge in [0.1, 0.15) is 6.04 Å². The Morgan fingerprint density at radius 3 is 2.74 bits per heavy atom. The minimum atomic E-state index is -0.595. The van der Waals surface area contributed by atoms with Crippen molar-refractivity contribution in [1.29, 1.82) is 0 Å². The van der Waals surface area contributed by atoms with E-state index in [1.54, 1.807) is 11.8 Å². The van der Waals surface area contributed by atoms with Crippen LogP contribution >= 0.6 is 11.6 Å². The number of aliphatic hydroxyl groups is 1. The summed E-state index contributed by atoms with van der Waals surface area (Å²) in [5.74, 6) is 0.887. The van der Waals surface area contributed by atoms with E-state index in [1.165, 1.54) is 5.56 Å². The van der Waals surface area contributed by atoms with Gasteiger partial charge in [-0.05, 0) is 37.5 Å². The van der Waals surface area contributed by atoms with E-state index in [0.717, 1.165) is 19.3 Å². The van der Waals surface area contributed by atoms with Gasteiger partial charge in [0.15, 0.2) is 5.82 Å². The second-order valence-corrected chi connectivity index (χ2v) is 7.97. The van der Waals surface area contributed by atoms with Gasteiger partial charge in [-0.3, -0.25) is 0 Å². The van der Waals surface area contributed by atoms with E-state index in [4.69, 9.17) is 16.1 Å². The van der Waals surface area contributed by atoms with Gasteiger partial charge < -0.3 is 19.8 Å². The fourth-order valence-corrected chi connectivity index (χ4v) is 4.17. The van der Waals surface area contributed by atoms with Crippen LogP contribution in [0.5, 0.6) is 0 Å². The molecule has 1 aromatic heterocycles. The second-order valence-electron chi connectivity index (χ2n) is 7.54. The summed E-state index contributed by atoms with van der Waals surface area (Å²) in [4.78, 5) is 18.7. The van der Waals surface area contributed by atoms with E-state index < -0.39 is 12.1 Å². The van der Waals surface area contributed by atoms with Crippen molar-refractivity contribution in [2.24, 2.45) is 0 Å². The lowest BCUT2D eigenvalue weighted by Gasteiger charge is -2.43. The molecule has 2 fully saturated rings. The third kappa shape index (κ3) is 3.53. The number of aryl methyl sites for hydroxylation is 1. The molecule has 0 unspecified atom stereocenters. The molecule has 1 aliphatic heterocycles. The first kappa shape index (κ1) is 18.3. The van der Waals surface area contributed by atoms with E-state index in [9.17, 15) is 9.90 Å². The normalized spacial score (nSPS) is 23.9. The number of rotatable bonds is 4. The van der Waals surface area contributed by atoms with Crippen molar-refractivity contribution in [3.8, 4) is 0 Å².